The van der Waals surface area contributed by atoms with Crippen molar-refractivity contribution in [1.29, 1.82) is 0 Å². The number of rotatable bonds is 5. The predicted molar refractivity (Wildman–Crippen MR) is 118 cm³/mol. The first-order valence-electron chi connectivity index (χ1n) is 8.74. The third-order valence-corrected chi connectivity index (χ3v) is 6.64. The van der Waals surface area contributed by atoms with Crippen LogP contribution in [0.25, 0.3) is 0 Å². The van der Waals surface area contributed by atoms with E-state index in [9.17, 15) is 21.6 Å². The first kappa shape index (κ1) is 26.3. The minimum absolute atomic E-state index is 0. The van der Waals surface area contributed by atoms with Crippen LogP contribution in [-0.4, -0.2) is 67.4 Å². The molecule has 0 aromatic carbocycles. The van der Waals surface area contributed by atoms with Gasteiger partial charge in [-0.3, -0.25) is 4.99 Å². The fraction of sp³-hybridized carbons (Fsp3) is 0.688. The van der Waals surface area contributed by atoms with E-state index in [1.807, 2.05) is 35.8 Å². The maximum absolute atomic E-state index is 12.6. The molecule has 0 amide bonds. The molecular weight excluding hydrogens is 546 g/mol. The van der Waals surface area contributed by atoms with E-state index in [1.165, 1.54) is 0 Å². The normalized spacial score (nSPS) is 17.1. The maximum Gasteiger partial charge on any atom is 0.511 e. The minimum atomic E-state index is -5.25. The van der Waals surface area contributed by atoms with E-state index in [4.69, 9.17) is 11.6 Å². The number of nitrogens with zero attached hydrogens (tertiary/aromatic N) is 4. The molecule has 2 rings (SSSR count). The molecule has 2 heterocycles. The zero-order valence-electron chi connectivity index (χ0n) is 16.4. The number of aromatic nitrogens is 1. The van der Waals surface area contributed by atoms with Gasteiger partial charge in [-0.25, -0.2) is 8.42 Å². The Morgan fingerprint density at radius 1 is 1.38 bits per heavy atom. The third-order valence-electron chi connectivity index (χ3n) is 4.80. The number of aliphatic imine (C=N–C) groups is 1. The van der Waals surface area contributed by atoms with Crippen LogP contribution in [0.1, 0.15) is 18.5 Å². The van der Waals surface area contributed by atoms with E-state index < -0.39 is 15.5 Å². The second kappa shape index (κ2) is 10.5. The van der Waals surface area contributed by atoms with Crippen LogP contribution in [0.5, 0.6) is 0 Å². The highest BCUT2D eigenvalue weighted by molar-refractivity contribution is 14.0. The van der Waals surface area contributed by atoms with Crippen LogP contribution in [0.4, 0.5) is 13.2 Å². The molecule has 0 aliphatic carbocycles. The van der Waals surface area contributed by atoms with E-state index in [0.717, 1.165) is 5.69 Å². The Morgan fingerprint density at radius 3 is 2.41 bits per heavy atom. The van der Waals surface area contributed by atoms with Gasteiger partial charge in [0.2, 0.25) is 0 Å². The summed E-state index contributed by atoms with van der Waals surface area (Å²) in [6, 6.07) is 1.86. The summed E-state index contributed by atoms with van der Waals surface area (Å²) in [5, 5.41) is 3.86. The van der Waals surface area contributed by atoms with Crippen molar-refractivity contribution in [3.63, 3.8) is 0 Å². The summed E-state index contributed by atoms with van der Waals surface area (Å²) in [5.41, 5.74) is -4.25. The molecule has 7 nitrogen and oxygen atoms in total. The Balaban J connectivity index is 0.00000420. The van der Waals surface area contributed by atoms with Crippen LogP contribution in [0, 0.1) is 5.92 Å². The molecule has 1 saturated heterocycles. The van der Waals surface area contributed by atoms with E-state index in [-0.39, 0.29) is 43.0 Å². The van der Waals surface area contributed by atoms with Crippen molar-refractivity contribution in [1.82, 2.24) is 19.1 Å². The van der Waals surface area contributed by atoms with Crippen LogP contribution in [-0.2, 0) is 23.6 Å². The smallest absolute Gasteiger partial charge is 0.356 e. The highest BCUT2D eigenvalue weighted by Crippen LogP contribution is 2.30. The summed E-state index contributed by atoms with van der Waals surface area (Å²) in [5.74, 6) is 0.706. The van der Waals surface area contributed by atoms with Gasteiger partial charge in [0.1, 0.15) is 0 Å². The van der Waals surface area contributed by atoms with Gasteiger partial charge in [0.25, 0.3) is 0 Å². The average Bonchev–Trinajstić information content (AvgIpc) is 2.92. The monoisotopic (exact) mass is 571 g/mol. The van der Waals surface area contributed by atoms with Crippen molar-refractivity contribution in [3.8, 4) is 0 Å². The van der Waals surface area contributed by atoms with Gasteiger partial charge < -0.3 is 14.8 Å². The average molecular weight is 572 g/mol. The molecule has 0 bridgehead atoms. The van der Waals surface area contributed by atoms with Gasteiger partial charge in [0.15, 0.2) is 5.96 Å². The Morgan fingerprint density at radius 2 is 1.97 bits per heavy atom. The molecule has 0 spiro atoms. The standard InChI is InChI=1S/C16H25ClF3N5O2S.HI/c1-21-15(24(3)11-14-8-13(17)10-23(14)2)22-9-12-4-6-25(7-5-12)28(26,27)16(18,19)20;/h8,10,12H,4-7,9,11H2,1-3H3,(H,21,22);1H. The molecule has 0 radical (unpaired) electrons. The van der Waals surface area contributed by atoms with Crippen molar-refractivity contribution >= 4 is 51.6 Å². The molecule has 1 aromatic rings. The number of alkyl halides is 3. The zero-order chi connectivity index (χ0) is 21.1. The topological polar surface area (TPSA) is 69.9 Å². The molecular formula is C16H26ClF3IN5O2S. The number of aryl methyl sites for hydroxylation is 1. The van der Waals surface area contributed by atoms with Crippen LogP contribution in [0.15, 0.2) is 17.3 Å². The molecule has 1 fully saturated rings. The van der Waals surface area contributed by atoms with Crippen molar-refractivity contribution in [2.45, 2.75) is 24.9 Å². The summed E-state index contributed by atoms with van der Waals surface area (Å²) in [4.78, 5) is 6.14. The molecule has 1 aromatic heterocycles. The third kappa shape index (κ3) is 6.62. The van der Waals surface area contributed by atoms with E-state index >= 15 is 0 Å². The lowest BCUT2D eigenvalue weighted by Gasteiger charge is -2.32. The Bertz CT molecular complexity index is 808. The molecule has 168 valence electrons. The fourth-order valence-corrected chi connectivity index (χ4v) is 4.42. The highest BCUT2D eigenvalue weighted by atomic mass is 127. The lowest BCUT2D eigenvalue weighted by molar-refractivity contribution is -0.0496. The summed E-state index contributed by atoms with van der Waals surface area (Å²) >= 11 is 5.99. The fourth-order valence-electron chi connectivity index (χ4n) is 3.16. The van der Waals surface area contributed by atoms with Crippen LogP contribution < -0.4 is 5.32 Å². The Hall–Kier alpha value is -0.730. The van der Waals surface area contributed by atoms with E-state index in [2.05, 4.69) is 10.3 Å². The first-order chi connectivity index (χ1) is 13.0. The summed E-state index contributed by atoms with van der Waals surface area (Å²) in [7, 11) is 0.174. The molecule has 13 heteroatoms. The molecule has 1 N–H and O–H groups in total. The molecule has 0 saturated carbocycles. The van der Waals surface area contributed by atoms with Crippen molar-refractivity contribution in [2.24, 2.45) is 18.0 Å². The number of nitrogens with one attached hydrogen (secondary N) is 1. The number of piperidine rings is 1. The van der Waals surface area contributed by atoms with Crippen LogP contribution >= 0.6 is 35.6 Å². The molecule has 1 aliphatic rings. The predicted octanol–water partition coefficient (Wildman–Crippen LogP) is 2.87. The summed E-state index contributed by atoms with van der Waals surface area (Å²) in [6.45, 7) is 0.810. The number of halogens is 5. The lowest BCUT2D eigenvalue weighted by atomic mass is 9.98. The molecule has 0 atom stereocenters. The maximum atomic E-state index is 12.6. The SMILES string of the molecule is CN=C(NCC1CCN(S(=O)(=O)C(F)(F)F)CC1)N(C)Cc1cc(Cl)cn1C.I. The number of guanidine groups is 1. The number of hydrogen-bond acceptors (Lipinski definition) is 3. The number of sulfonamides is 1. The molecule has 29 heavy (non-hydrogen) atoms. The summed E-state index contributed by atoms with van der Waals surface area (Å²) in [6.07, 6.45) is 2.52. The van der Waals surface area contributed by atoms with Gasteiger partial charge in [-0.1, -0.05) is 11.6 Å². The lowest BCUT2D eigenvalue weighted by Crippen LogP contribution is -2.47. The zero-order valence-corrected chi connectivity index (χ0v) is 20.3. The second-order valence-corrected chi connectivity index (χ2v) is 9.20. The Kier molecular flexibility index (Phi) is 9.55. The van der Waals surface area contributed by atoms with Gasteiger partial charge in [0, 0.05) is 52.7 Å². The highest BCUT2D eigenvalue weighted by Gasteiger charge is 2.50. The quantitative estimate of drug-likeness (QED) is 0.335. The van der Waals surface area contributed by atoms with Gasteiger partial charge >= 0.3 is 15.5 Å². The van der Waals surface area contributed by atoms with Crippen molar-refractivity contribution in [2.75, 3.05) is 33.7 Å². The summed E-state index contributed by atoms with van der Waals surface area (Å²) < 4.78 is 63.3. The number of hydrogen-bond donors (Lipinski definition) is 1. The van der Waals surface area contributed by atoms with Gasteiger partial charge in [-0.2, -0.15) is 17.5 Å². The Labute approximate surface area is 191 Å². The first-order valence-corrected chi connectivity index (χ1v) is 10.6. The van der Waals surface area contributed by atoms with Gasteiger partial charge in [0.05, 0.1) is 11.6 Å². The minimum Gasteiger partial charge on any atom is -0.356 e. The van der Waals surface area contributed by atoms with E-state index in [1.54, 1.807) is 7.05 Å². The van der Waals surface area contributed by atoms with Crippen LogP contribution in [0.3, 0.4) is 0 Å². The van der Waals surface area contributed by atoms with Crippen molar-refractivity contribution in [3.05, 3.63) is 23.0 Å². The van der Waals surface area contributed by atoms with Crippen molar-refractivity contribution < 1.29 is 21.6 Å². The second-order valence-electron chi connectivity index (χ2n) is 6.84. The van der Waals surface area contributed by atoms with Gasteiger partial charge in [-0.15, -0.1) is 24.0 Å². The largest absolute Gasteiger partial charge is 0.511 e. The van der Waals surface area contributed by atoms with E-state index in [0.29, 0.717) is 41.2 Å². The molecule has 0 unspecified atom stereocenters. The van der Waals surface area contributed by atoms with Crippen LogP contribution in [0.2, 0.25) is 5.02 Å². The molecule has 1 aliphatic heterocycles. The van der Waals surface area contributed by atoms with Gasteiger partial charge in [-0.05, 0) is 24.8 Å².